The minimum Gasteiger partial charge on any atom is -0.496 e. The quantitative estimate of drug-likeness (QED) is 0.241. The van der Waals surface area contributed by atoms with Gasteiger partial charge in [0.05, 0.1) is 24.6 Å². The fourth-order valence-electron chi connectivity index (χ4n) is 4.10. The van der Waals surface area contributed by atoms with Crippen LogP contribution in [0.3, 0.4) is 0 Å². The van der Waals surface area contributed by atoms with E-state index in [9.17, 15) is 9.59 Å². The SMILES string of the molecule is COc1ccc(C(C)=O)cc1CSc1nnc2n(Cc3ccc(C)cc3)c(=O)c3ccccc3n12. The lowest BCUT2D eigenvalue weighted by atomic mass is 10.1. The molecule has 2 heterocycles. The van der Waals surface area contributed by atoms with Gasteiger partial charge in [0.15, 0.2) is 10.9 Å². The third kappa shape index (κ3) is 4.33. The van der Waals surface area contributed by atoms with Crippen molar-refractivity contribution < 1.29 is 9.53 Å². The smallest absolute Gasteiger partial charge is 0.263 e. The lowest BCUT2D eigenvalue weighted by molar-refractivity contribution is 0.101. The summed E-state index contributed by atoms with van der Waals surface area (Å²) >= 11 is 1.48. The predicted molar refractivity (Wildman–Crippen MR) is 138 cm³/mol. The van der Waals surface area contributed by atoms with E-state index in [1.165, 1.54) is 11.8 Å². The van der Waals surface area contributed by atoms with Crippen LogP contribution in [0.25, 0.3) is 16.7 Å². The van der Waals surface area contributed by atoms with Crippen molar-refractivity contribution in [3.8, 4) is 5.75 Å². The van der Waals surface area contributed by atoms with Crippen molar-refractivity contribution in [1.29, 1.82) is 0 Å². The van der Waals surface area contributed by atoms with E-state index in [2.05, 4.69) is 10.2 Å². The summed E-state index contributed by atoms with van der Waals surface area (Å²) in [5.41, 5.74) is 4.34. The van der Waals surface area contributed by atoms with Crippen molar-refractivity contribution in [2.45, 2.75) is 31.3 Å². The Balaban J connectivity index is 1.60. The van der Waals surface area contributed by atoms with Gasteiger partial charge in [-0.05, 0) is 49.7 Å². The molecule has 7 nitrogen and oxygen atoms in total. The van der Waals surface area contributed by atoms with Crippen LogP contribution in [0.15, 0.2) is 76.7 Å². The predicted octanol–water partition coefficient (Wildman–Crippen LogP) is 4.90. The molecule has 3 aromatic carbocycles. The normalized spacial score (nSPS) is 11.3. The summed E-state index contributed by atoms with van der Waals surface area (Å²) < 4.78 is 9.10. The number of ketones is 1. The summed E-state index contributed by atoms with van der Waals surface area (Å²) in [7, 11) is 1.61. The molecule has 5 rings (SSSR count). The van der Waals surface area contributed by atoms with Gasteiger partial charge >= 0.3 is 0 Å². The first-order valence-corrected chi connectivity index (χ1v) is 12.2. The fraction of sp³-hybridized carbons (Fsp3) is 0.185. The zero-order chi connectivity index (χ0) is 24.5. The van der Waals surface area contributed by atoms with Crippen LogP contribution in [-0.4, -0.2) is 32.1 Å². The van der Waals surface area contributed by atoms with Crippen LogP contribution in [0.2, 0.25) is 0 Å². The Morgan fingerprint density at radius 3 is 2.54 bits per heavy atom. The molecule has 0 amide bonds. The number of hydrogen-bond acceptors (Lipinski definition) is 6. The molecule has 176 valence electrons. The van der Waals surface area contributed by atoms with Gasteiger partial charge in [0.1, 0.15) is 5.75 Å². The molecule has 0 bridgehead atoms. The first-order chi connectivity index (χ1) is 17.0. The number of aryl methyl sites for hydroxylation is 1. The number of thioether (sulfide) groups is 1. The summed E-state index contributed by atoms with van der Waals surface area (Å²) in [6, 6.07) is 21.0. The third-order valence-corrected chi connectivity index (χ3v) is 6.96. The van der Waals surface area contributed by atoms with Crippen LogP contribution in [0.5, 0.6) is 5.75 Å². The van der Waals surface area contributed by atoms with Gasteiger partial charge in [-0.2, -0.15) is 0 Å². The van der Waals surface area contributed by atoms with E-state index < -0.39 is 0 Å². The molecule has 8 heteroatoms. The molecule has 0 fully saturated rings. The summed E-state index contributed by atoms with van der Waals surface area (Å²) in [5.74, 6) is 1.72. The largest absolute Gasteiger partial charge is 0.496 e. The maximum absolute atomic E-state index is 13.4. The molecule has 0 atom stereocenters. The lowest BCUT2D eigenvalue weighted by Gasteiger charge is -2.12. The summed E-state index contributed by atoms with van der Waals surface area (Å²) in [6.07, 6.45) is 0. The number of carbonyl (C=O) groups excluding carboxylic acids is 1. The molecule has 0 spiro atoms. The average Bonchev–Trinajstić information content (AvgIpc) is 3.30. The van der Waals surface area contributed by atoms with E-state index in [-0.39, 0.29) is 11.3 Å². The van der Waals surface area contributed by atoms with Crippen LogP contribution >= 0.6 is 11.8 Å². The van der Waals surface area contributed by atoms with Crippen molar-refractivity contribution in [1.82, 2.24) is 19.2 Å². The number of benzene rings is 3. The fourth-order valence-corrected chi connectivity index (χ4v) is 5.02. The first-order valence-electron chi connectivity index (χ1n) is 11.2. The van der Waals surface area contributed by atoms with Crippen molar-refractivity contribution in [2.24, 2.45) is 0 Å². The van der Waals surface area contributed by atoms with Crippen molar-refractivity contribution in [3.05, 3.63) is 99.3 Å². The standard InChI is InChI=1S/C27H24N4O3S/c1-17-8-10-19(11-9-17)15-30-25(33)22-6-4-5-7-23(22)31-26(30)28-29-27(31)35-16-21-14-20(18(2)32)12-13-24(21)34-3/h4-14H,15-16H2,1-3H3. The Hall–Kier alpha value is -3.91. The van der Waals surface area contributed by atoms with Gasteiger partial charge < -0.3 is 4.74 Å². The van der Waals surface area contributed by atoms with Crippen LogP contribution in [0, 0.1) is 6.92 Å². The van der Waals surface area contributed by atoms with Crippen molar-refractivity contribution >= 4 is 34.2 Å². The third-order valence-electron chi connectivity index (χ3n) is 5.98. The highest BCUT2D eigenvalue weighted by molar-refractivity contribution is 7.98. The van der Waals surface area contributed by atoms with Crippen molar-refractivity contribution in [3.63, 3.8) is 0 Å². The average molecular weight is 485 g/mol. The van der Waals surface area contributed by atoms with Gasteiger partial charge in [0, 0.05) is 16.9 Å². The molecule has 0 aliphatic heterocycles. The number of nitrogens with zero attached hydrogens (tertiary/aromatic N) is 4. The van der Waals surface area contributed by atoms with Crippen LogP contribution in [0.4, 0.5) is 0 Å². The highest BCUT2D eigenvalue weighted by atomic mass is 32.2. The van der Waals surface area contributed by atoms with Gasteiger partial charge in [0.2, 0.25) is 5.78 Å². The van der Waals surface area contributed by atoms with Gasteiger partial charge in [-0.25, -0.2) is 0 Å². The molecule has 0 radical (unpaired) electrons. The molecule has 0 aliphatic carbocycles. The number of para-hydroxylation sites is 1. The number of Topliss-reactive ketones (excluding diaryl/α,β-unsaturated/α-hetero) is 1. The molecule has 0 aliphatic rings. The zero-order valence-corrected chi connectivity index (χ0v) is 20.5. The van der Waals surface area contributed by atoms with Gasteiger partial charge in [-0.15, -0.1) is 10.2 Å². The summed E-state index contributed by atoms with van der Waals surface area (Å²) in [4.78, 5) is 25.3. The van der Waals surface area contributed by atoms with E-state index in [1.54, 1.807) is 24.7 Å². The van der Waals surface area contributed by atoms with E-state index in [0.29, 0.717) is 39.9 Å². The maximum atomic E-state index is 13.4. The van der Waals surface area contributed by atoms with Gasteiger partial charge in [-0.1, -0.05) is 53.7 Å². The minimum absolute atomic E-state index is 0.00190. The molecule has 0 saturated carbocycles. The highest BCUT2D eigenvalue weighted by Crippen LogP contribution is 2.29. The lowest BCUT2D eigenvalue weighted by Crippen LogP contribution is -2.24. The molecule has 5 aromatic rings. The number of fused-ring (bicyclic) bond motifs is 3. The Kier molecular flexibility index (Phi) is 6.13. The Morgan fingerprint density at radius 2 is 1.80 bits per heavy atom. The monoisotopic (exact) mass is 484 g/mol. The number of carbonyl (C=O) groups is 1. The minimum atomic E-state index is -0.103. The molecule has 0 saturated heterocycles. The zero-order valence-electron chi connectivity index (χ0n) is 19.7. The summed E-state index contributed by atoms with van der Waals surface area (Å²) in [6.45, 7) is 3.97. The second-order valence-corrected chi connectivity index (χ2v) is 9.33. The second kappa shape index (κ2) is 9.38. The number of hydrogen-bond donors (Lipinski definition) is 0. The van der Waals surface area contributed by atoms with Crippen LogP contribution in [-0.2, 0) is 12.3 Å². The summed E-state index contributed by atoms with van der Waals surface area (Å²) in [5, 5.41) is 10.1. The first kappa shape index (κ1) is 22.9. The number of rotatable bonds is 7. The topological polar surface area (TPSA) is 78.5 Å². The van der Waals surface area contributed by atoms with Crippen LogP contribution in [0.1, 0.15) is 34.0 Å². The number of ether oxygens (including phenoxy) is 1. The van der Waals surface area contributed by atoms with E-state index in [0.717, 1.165) is 22.2 Å². The Labute approximate surface area is 206 Å². The second-order valence-electron chi connectivity index (χ2n) is 8.38. The molecular formula is C27H24N4O3S. The molecular weight excluding hydrogens is 460 g/mol. The maximum Gasteiger partial charge on any atom is 0.263 e. The Morgan fingerprint density at radius 1 is 1.03 bits per heavy atom. The number of methoxy groups -OCH3 is 1. The van der Waals surface area contributed by atoms with E-state index in [4.69, 9.17) is 4.74 Å². The van der Waals surface area contributed by atoms with Gasteiger partial charge in [0.25, 0.3) is 5.56 Å². The molecule has 2 aromatic heterocycles. The van der Waals surface area contributed by atoms with E-state index >= 15 is 0 Å². The van der Waals surface area contributed by atoms with Crippen molar-refractivity contribution in [2.75, 3.05) is 7.11 Å². The molecule has 35 heavy (non-hydrogen) atoms. The Bertz CT molecular complexity index is 1620. The molecule has 0 N–H and O–H groups in total. The van der Waals surface area contributed by atoms with Gasteiger partial charge in [-0.3, -0.25) is 18.6 Å². The highest BCUT2D eigenvalue weighted by Gasteiger charge is 2.18. The molecule has 0 unspecified atom stereocenters. The van der Waals surface area contributed by atoms with Crippen LogP contribution < -0.4 is 10.3 Å². The van der Waals surface area contributed by atoms with E-state index in [1.807, 2.05) is 72.0 Å². The number of aromatic nitrogens is 4.